The van der Waals surface area contributed by atoms with Crippen LogP contribution in [0.4, 0.5) is 10.8 Å². The van der Waals surface area contributed by atoms with Gasteiger partial charge in [0.25, 0.3) is 0 Å². The average Bonchev–Trinajstić information content (AvgIpc) is 2.96. The first-order valence-electron chi connectivity index (χ1n) is 6.98. The topological polar surface area (TPSA) is 44.3 Å². The summed E-state index contributed by atoms with van der Waals surface area (Å²) in [6.45, 7) is 4.87. The zero-order chi connectivity index (χ0) is 14.7. The van der Waals surface area contributed by atoms with Crippen molar-refractivity contribution in [3.63, 3.8) is 0 Å². The van der Waals surface area contributed by atoms with Gasteiger partial charge < -0.3 is 10.2 Å². The van der Waals surface area contributed by atoms with Crippen molar-refractivity contribution in [3.05, 3.63) is 34.3 Å². The Bertz CT molecular complexity index is 595. The molecule has 0 saturated carbocycles. The molecule has 0 unspecified atom stereocenters. The summed E-state index contributed by atoms with van der Waals surface area (Å²) in [6, 6.07) is 8.04. The third-order valence-corrected chi connectivity index (χ3v) is 4.85. The summed E-state index contributed by atoms with van der Waals surface area (Å²) in [7, 11) is 1.87. The van der Waals surface area contributed by atoms with Crippen LogP contribution in [0, 0.1) is 0 Å². The van der Waals surface area contributed by atoms with Crippen LogP contribution in [0.25, 0.3) is 0 Å². The van der Waals surface area contributed by atoms with Gasteiger partial charge in [-0.05, 0) is 12.1 Å². The van der Waals surface area contributed by atoms with Crippen molar-refractivity contribution in [1.29, 1.82) is 0 Å². The Morgan fingerprint density at radius 3 is 2.62 bits per heavy atom. The number of hydrogen-bond acceptors (Lipinski definition) is 6. The lowest BCUT2D eigenvalue weighted by Crippen LogP contribution is -2.46. The van der Waals surface area contributed by atoms with E-state index in [9.17, 15) is 0 Å². The lowest BCUT2D eigenvalue weighted by molar-refractivity contribution is 0.249. The number of aromatic nitrogens is 2. The van der Waals surface area contributed by atoms with Crippen LogP contribution in [0.3, 0.4) is 0 Å². The van der Waals surface area contributed by atoms with Gasteiger partial charge in [0, 0.05) is 33.2 Å². The van der Waals surface area contributed by atoms with E-state index in [-0.39, 0.29) is 0 Å². The quantitative estimate of drug-likeness (QED) is 0.937. The first-order valence-corrected chi connectivity index (χ1v) is 8.17. The number of rotatable bonds is 4. The van der Waals surface area contributed by atoms with Gasteiger partial charge in [-0.15, -0.1) is 10.2 Å². The number of anilines is 2. The number of hydrogen-bond donors (Lipinski definition) is 1. The predicted octanol–water partition coefficient (Wildman–Crippen LogP) is 2.56. The second-order valence-corrected chi connectivity index (χ2v) is 6.43. The highest BCUT2D eigenvalue weighted by molar-refractivity contribution is 7.15. The van der Waals surface area contributed by atoms with Crippen molar-refractivity contribution in [1.82, 2.24) is 15.1 Å². The Morgan fingerprint density at radius 2 is 1.95 bits per heavy atom. The Labute approximate surface area is 133 Å². The summed E-state index contributed by atoms with van der Waals surface area (Å²) >= 11 is 7.88. The number of halogens is 1. The highest BCUT2D eigenvalue weighted by Gasteiger charge is 2.19. The fourth-order valence-corrected chi connectivity index (χ4v) is 3.46. The zero-order valence-corrected chi connectivity index (χ0v) is 13.5. The molecule has 0 radical (unpaired) electrons. The van der Waals surface area contributed by atoms with Crippen LogP contribution < -0.4 is 10.2 Å². The Balaban J connectivity index is 1.56. The SMILES string of the molecule is CNc1nnc(CN2CCN(c3ccccc3Cl)CC2)s1. The van der Waals surface area contributed by atoms with Gasteiger partial charge in [0.2, 0.25) is 5.13 Å². The van der Waals surface area contributed by atoms with Crippen molar-refractivity contribution >= 4 is 33.8 Å². The minimum atomic E-state index is 0.828. The molecule has 2 heterocycles. The number of benzene rings is 1. The van der Waals surface area contributed by atoms with Gasteiger partial charge in [-0.2, -0.15) is 0 Å². The summed E-state index contributed by atoms with van der Waals surface area (Å²) in [4.78, 5) is 4.76. The van der Waals surface area contributed by atoms with Crippen molar-refractivity contribution < 1.29 is 0 Å². The molecule has 0 aliphatic carbocycles. The first-order chi connectivity index (χ1) is 10.3. The Kier molecular flexibility index (Phi) is 4.57. The van der Waals surface area contributed by atoms with E-state index < -0.39 is 0 Å². The maximum Gasteiger partial charge on any atom is 0.205 e. The van der Waals surface area contributed by atoms with Gasteiger partial charge in [0.1, 0.15) is 5.01 Å². The van der Waals surface area contributed by atoms with Gasteiger partial charge in [-0.3, -0.25) is 4.90 Å². The van der Waals surface area contributed by atoms with E-state index in [1.165, 1.54) is 0 Å². The normalized spacial score (nSPS) is 16.2. The molecule has 21 heavy (non-hydrogen) atoms. The van der Waals surface area contributed by atoms with E-state index in [4.69, 9.17) is 11.6 Å². The predicted molar refractivity (Wildman–Crippen MR) is 88.4 cm³/mol. The van der Waals surface area contributed by atoms with Crippen LogP contribution in [0.2, 0.25) is 5.02 Å². The summed E-state index contributed by atoms with van der Waals surface area (Å²) < 4.78 is 0. The molecule has 5 nitrogen and oxygen atoms in total. The molecule has 1 aliphatic rings. The van der Waals surface area contributed by atoms with Crippen LogP contribution >= 0.6 is 22.9 Å². The van der Waals surface area contributed by atoms with Gasteiger partial charge in [-0.25, -0.2) is 0 Å². The molecule has 1 fully saturated rings. The average molecular weight is 324 g/mol. The molecule has 1 aromatic heterocycles. The highest BCUT2D eigenvalue weighted by atomic mass is 35.5. The van der Waals surface area contributed by atoms with Gasteiger partial charge in [0.15, 0.2) is 0 Å². The van der Waals surface area contributed by atoms with E-state index in [1.54, 1.807) is 11.3 Å². The van der Waals surface area contributed by atoms with Gasteiger partial charge in [0.05, 0.1) is 17.3 Å². The largest absolute Gasteiger partial charge is 0.368 e. The lowest BCUT2D eigenvalue weighted by Gasteiger charge is -2.36. The van der Waals surface area contributed by atoms with Crippen LogP contribution in [-0.2, 0) is 6.54 Å². The Morgan fingerprint density at radius 1 is 1.19 bits per heavy atom. The second-order valence-electron chi connectivity index (χ2n) is 4.97. The number of piperazine rings is 1. The molecule has 0 spiro atoms. The van der Waals surface area contributed by atoms with E-state index in [0.29, 0.717) is 0 Å². The first kappa shape index (κ1) is 14.6. The number of nitrogens with zero attached hydrogens (tertiary/aromatic N) is 4. The molecule has 1 N–H and O–H groups in total. The molecule has 2 aromatic rings. The van der Waals surface area contributed by atoms with E-state index in [0.717, 1.165) is 53.6 Å². The maximum absolute atomic E-state index is 6.26. The Hall–Kier alpha value is -1.37. The monoisotopic (exact) mass is 323 g/mol. The molecule has 1 aromatic carbocycles. The van der Waals surface area contributed by atoms with Crippen molar-refractivity contribution in [2.75, 3.05) is 43.4 Å². The van der Waals surface area contributed by atoms with E-state index >= 15 is 0 Å². The minimum absolute atomic E-state index is 0.828. The van der Waals surface area contributed by atoms with Crippen molar-refractivity contribution in [3.8, 4) is 0 Å². The molecular formula is C14H18ClN5S. The molecular weight excluding hydrogens is 306 g/mol. The number of para-hydroxylation sites is 1. The van der Waals surface area contributed by atoms with Crippen LogP contribution in [0.15, 0.2) is 24.3 Å². The highest BCUT2D eigenvalue weighted by Crippen LogP contribution is 2.26. The summed E-state index contributed by atoms with van der Waals surface area (Å²) in [5, 5.41) is 14.1. The van der Waals surface area contributed by atoms with Gasteiger partial charge >= 0.3 is 0 Å². The van der Waals surface area contributed by atoms with Crippen molar-refractivity contribution in [2.24, 2.45) is 0 Å². The molecule has 1 aliphatic heterocycles. The summed E-state index contributed by atoms with van der Waals surface area (Å²) in [6.07, 6.45) is 0. The zero-order valence-electron chi connectivity index (χ0n) is 11.9. The van der Waals surface area contributed by atoms with E-state index in [2.05, 4.69) is 31.4 Å². The summed E-state index contributed by atoms with van der Waals surface area (Å²) in [5.74, 6) is 0. The fourth-order valence-electron chi connectivity index (χ4n) is 2.46. The maximum atomic E-state index is 6.26. The minimum Gasteiger partial charge on any atom is -0.368 e. The smallest absolute Gasteiger partial charge is 0.205 e. The van der Waals surface area contributed by atoms with Crippen molar-refractivity contribution in [2.45, 2.75) is 6.54 Å². The standard InChI is InChI=1S/C14H18ClN5S/c1-16-14-18-17-13(21-14)10-19-6-8-20(9-7-19)12-5-3-2-4-11(12)15/h2-5H,6-10H2,1H3,(H,16,18). The second kappa shape index (κ2) is 6.60. The van der Waals surface area contributed by atoms with Crippen LogP contribution in [-0.4, -0.2) is 48.3 Å². The fraction of sp³-hybridized carbons (Fsp3) is 0.429. The van der Waals surface area contributed by atoms with Crippen LogP contribution in [0.1, 0.15) is 5.01 Å². The van der Waals surface area contributed by atoms with E-state index in [1.807, 2.05) is 25.2 Å². The molecule has 0 amide bonds. The van der Waals surface area contributed by atoms with Gasteiger partial charge in [-0.1, -0.05) is 35.1 Å². The third-order valence-electron chi connectivity index (χ3n) is 3.61. The summed E-state index contributed by atoms with van der Waals surface area (Å²) in [5.41, 5.74) is 1.13. The molecule has 7 heteroatoms. The van der Waals surface area contributed by atoms with Crippen LogP contribution in [0.5, 0.6) is 0 Å². The molecule has 112 valence electrons. The third kappa shape index (κ3) is 3.45. The molecule has 0 atom stereocenters. The lowest BCUT2D eigenvalue weighted by atomic mass is 10.2. The number of nitrogens with one attached hydrogen (secondary N) is 1. The molecule has 3 rings (SSSR count). The molecule has 1 saturated heterocycles. The molecule has 0 bridgehead atoms.